The van der Waals surface area contributed by atoms with Crippen molar-refractivity contribution in [3.63, 3.8) is 0 Å². The van der Waals surface area contributed by atoms with Gasteiger partial charge >= 0.3 is 5.97 Å². The number of aromatic hydroxyl groups is 1. The van der Waals surface area contributed by atoms with Gasteiger partial charge < -0.3 is 54.1 Å². The number of hydrogen-bond donors (Lipinski definition) is 6. The lowest BCUT2D eigenvalue weighted by molar-refractivity contribution is -1.04. The van der Waals surface area contributed by atoms with Gasteiger partial charge in [-0.25, -0.2) is 9.79 Å². The molecule has 4 heterocycles. The van der Waals surface area contributed by atoms with Crippen LogP contribution in [0.5, 0.6) is 11.5 Å². The molecule has 7 atom stereocenters. The number of hydroxylamine groups is 2. The number of aryl methyl sites for hydroxylation is 2. The van der Waals surface area contributed by atoms with Crippen molar-refractivity contribution in [2.75, 3.05) is 19.8 Å². The van der Waals surface area contributed by atoms with Crippen LogP contribution in [0.3, 0.4) is 0 Å². The van der Waals surface area contributed by atoms with Gasteiger partial charge in [-0.15, -0.1) is 0 Å². The third-order valence-electron chi connectivity index (χ3n) is 9.61. The number of aliphatic carboxylic acids is 1. The van der Waals surface area contributed by atoms with Crippen LogP contribution in [-0.2, 0) is 23.9 Å². The number of aliphatic hydroxyl groups excluding tert-OH is 3. The number of allylic oxidation sites excluding steroid dienone is 1. The number of esters is 1. The van der Waals surface area contributed by atoms with Crippen LogP contribution < -0.4 is 20.3 Å². The first-order valence-corrected chi connectivity index (χ1v) is 17.1. The molecule has 7 unspecified atom stereocenters. The lowest BCUT2D eigenvalue weighted by atomic mass is 9.84. The Morgan fingerprint density at radius 3 is 2.49 bits per heavy atom. The van der Waals surface area contributed by atoms with E-state index in [4.69, 9.17) is 23.5 Å². The normalized spacial score (nSPS) is 25.1. The molecular weight excluding hydrogens is 720 g/mol. The van der Waals surface area contributed by atoms with Crippen molar-refractivity contribution in [1.82, 2.24) is 0 Å². The van der Waals surface area contributed by atoms with Crippen molar-refractivity contribution in [3.8, 4) is 22.6 Å². The van der Waals surface area contributed by atoms with Crippen LogP contribution in [0.4, 0.5) is 0 Å². The topological polar surface area (TPSA) is 242 Å². The van der Waals surface area contributed by atoms with E-state index < -0.39 is 61.5 Å². The Hall–Kier alpha value is -5.72. The monoisotopic (exact) mass is 756 g/mol. The predicted molar refractivity (Wildman–Crippen MR) is 189 cm³/mol. The Kier molecular flexibility index (Phi) is 10.1. The minimum Gasteiger partial charge on any atom is -0.547 e. The van der Waals surface area contributed by atoms with Crippen LogP contribution >= 0.6 is 0 Å². The van der Waals surface area contributed by atoms with E-state index in [1.807, 2.05) is 38.1 Å². The molecule has 0 spiro atoms. The number of carbonyl (C=O) groups is 2. The van der Waals surface area contributed by atoms with Crippen molar-refractivity contribution < 1.29 is 68.8 Å². The number of rotatable bonds is 11. The number of benzene rings is 3. The van der Waals surface area contributed by atoms with Gasteiger partial charge in [0.1, 0.15) is 54.4 Å². The Bertz CT molecular complexity index is 2300. The molecule has 3 aliphatic rings. The Morgan fingerprint density at radius 1 is 1.07 bits per heavy atom. The molecule has 1 fully saturated rings. The fourth-order valence-corrected chi connectivity index (χ4v) is 6.90. The molecule has 3 aliphatic heterocycles. The third-order valence-corrected chi connectivity index (χ3v) is 9.61. The van der Waals surface area contributed by atoms with E-state index in [0.29, 0.717) is 22.0 Å². The summed E-state index contributed by atoms with van der Waals surface area (Å²) >= 11 is 0. The number of fused-ring (bicyclic) bond motifs is 2. The molecule has 7 rings (SSSR count). The minimum absolute atomic E-state index is 0.0250. The number of nitrogens with one attached hydrogen (secondary N) is 1. The molecule has 4 aromatic rings. The van der Waals surface area contributed by atoms with Crippen LogP contribution in [0.25, 0.3) is 27.8 Å². The van der Waals surface area contributed by atoms with Gasteiger partial charge in [0.25, 0.3) is 0 Å². The SMILES string of the molecule is Cc1cc(C)cc(C2=C3N=CC=C3C[NH+]2OC2C(Oc3ccc4c(=O)c(-c5ccc(O)cc5)coc4c3)OC(COC(=O)C(O)C(=O)[O-])C(O)C2(O)CO)c1. The number of ether oxygens (including phenoxy) is 3. The summed E-state index contributed by atoms with van der Waals surface area (Å²) in [5, 5.41) is 64.9. The van der Waals surface area contributed by atoms with Crippen molar-refractivity contribution in [2.24, 2.45) is 4.99 Å². The summed E-state index contributed by atoms with van der Waals surface area (Å²) in [6.07, 6.45) is -4.99. The van der Waals surface area contributed by atoms with Crippen molar-refractivity contribution in [1.29, 1.82) is 0 Å². The minimum atomic E-state index is -2.64. The van der Waals surface area contributed by atoms with Gasteiger partial charge in [-0.3, -0.25) is 4.79 Å². The maximum absolute atomic E-state index is 13.4. The number of aliphatic hydroxyl groups is 4. The highest BCUT2D eigenvalue weighted by Gasteiger charge is 2.60. The van der Waals surface area contributed by atoms with Gasteiger partial charge in [-0.1, -0.05) is 29.3 Å². The molecule has 16 nitrogen and oxygen atoms in total. The average molecular weight is 757 g/mol. The smallest absolute Gasteiger partial charge is 0.341 e. The van der Waals surface area contributed by atoms with Gasteiger partial charge in [-0.2, -0.15) is 9.90 Å². The maximum Gasteiger partial charge on any atom is 0.341 e. The molecular formula is C39H36N2O14. The van der Waals surface area contributed by atoms with E-state index in [1.165, 1.54) is 36.6 Å². The molecule has 0 amide bonds. The van der Waals surface area contributed by atoms with E-state index in [9.17, 15) is 45.0 Å². The van der Waals surface area contributed by atoms with Gasteiger partial charge in [-0.05, 0) is 61.9 Å². The average Bonchev–Trinajstić information content (AvgIpc) is 3.75. The first-order chi connectivity index (χ1) is 26.3. The van der Waals surface area contributed by atoms with Crippen molar-refractivity contribution >= 4 is 34.8 Å². The van der Waals surface area contributed by atoms with E-state index in [2.05, 4.69) is 4.99 Å². The Labute approximate surface area is 312 Å². The van der Waals surface area contributed by atoms with Gasteiger partial charge in [0, 0.05) is 23.4 Å². The second-order valence-electron chi connectivity index (χ2n) is 13.5. The molecule has 0 bridgehead atoms. The van der Waals surface area contributed by atoms with Crippen LogP contribution in [-0.4, -0.2) is 99.8 Å². The van der Waals surface area contributed by atoms with Crippen LogP contribution in [0.2, 0.25) is 0 Å². The number of carbonyl (C=O) groups excluding carboxylic acids is 2. The first-order valence-electron chi connectivity index (χ1n) is 17.1. The van der Waals surface area contributed by atoms with E-state index >= 15 is 0 Å². The summed E-state index contributed by atoms with van der Waals surface area (Å²) in [7, 11) is 0. The van der Waals surface area contributed by atoms with Crippen LogP contribution in [0, 0.1) is 13.8 Å². The van der Waals surface area contributed by atoms with Crippen molar-refractivity contribution in [2.45, 2.75) is 50.2 Å². The molecule has 3 aromatic carbocycles. The summed E-state index contributed by atoms with van der Waals surface area (Å²) < 4.78 is 22.9. The van der Waals surface area contributed by atoms with Crippen LogP contribution in [0.15, 0.2) is 98.5 Å². The molecule has 1 aromatic heterocycles. The Morgan fingerprint density at radius 2 is 1.80 bits per heavy atom. The largest absolute Gasteiger partial charge is 0.547 e. The lowest BCUT2D eigenvalue weighted by Gasteiger charge is -2.47. The maximum atomic E-state index is 13.4. The van der Waals surface area contributed by atoms with Crippen molar-refractivity contribution in [3.05, 3.63) is 111 Å². The summed E-state index contributed by atoms with van der Waals surface area (Å²) in [5.41, 5.74) is 2.64. The summed E-state index contributed by atoms with van der Waals surface area (Å²) in [6, 6.07) is 16.1. The molecule has 55 heavy (non-hydrogen) atoms. The standard InChI is InChI=1S/C39H36N2O14/c1-19-11-20(2)13-23(12-19)31-30-22(9-10-40-30)15-41(31)55-35-38(54-29(34(46)39(35,50)18-42)17-52-37(49)33(45)36(47)48)53-25-7-8-26-28(14-25)51-16-27(32(26)44)21-3-5-24(43)6-4-21/h3-14,16,29,33-35,38,42-43,45-46,50H,15,17-18H2,1-2H3,(H,47,48). The fraction of sp³-hybridized carbons (Fsp3) is 0.282. The number of carboxylic acid groups (broad SMARTS) is 1. The zero-order valence-electron chi connectivity index (χ0n) is 29.4. The highest BCUT2D eigenvalue weighted by molar-refractivity contribution is 5.95. The molecule has 286 valence electrons. The zero-order valence-corrected chi connectivity index (χ0v) is 29.4. The molecule has 0 saturated carbocycles. The number of phenolic OH excluding ortho intramolecular Hbond substituents is 1. The number of carboxylic acids is 1. The highest BCUT2D eigenvalue weighted by atomic mass is 16.8. The first kappa shape index (κ1) is 37.6. The molecule has 0 radical (unpaired) electrons. The van der Waals surface area contributed by atoms with Gasteiger partial charge in [0.15, 0.2) is 22.8 Å². The predicted octanol–water partition coefficient (Wildman–Crippen LogP) is -0.797. The third kappa shape index (κ3) is 7.15. The fourth-order valence-electron chi connectivity index (χ4n) is 6.90. The second kappa shape index (κ2) is 14.8. The molecule has 1 saturated heterocycles. The number of nitrogens with zero attached hydrogens (tertiary/aromatic N) is 1. The zero-order chi connectivity index (χ0) is 39.2. The summed E-state index contributed by atoms with van der Waals surface area (Å²) in [6.45, 7) is 2.06. The quantitative estimate of drug-likeness (QED) is 0.0812. The van der Waals surface area contributed by atoms with Crippen LogP contribution in [0.1, 0.15) is 16.7 Å². The second-order valence-corrected chi connectivity index (χ2v) is 13.5. The van der Waals surface area contributed by atoms with Gasteiger partial charge in [0.2, 0.25) is 12.4 Å². The van der Waals surface area contributed by atoms with E-state index in [1.54, 1.807) is 18.3 Å². The summed E-state index contributed by atoms with van der Waals surface area (Å²) in [4.78, 5) is 47.7. The van der Waals surface area contributed by atoms with E-state index in [0.717, 1.165) is 22.3 Å². The number of aliphatic imine (C=N–C) groups is 1. The molecule has 6 N–H and O–H groups in total. The Balaban J connectivity index is 1.25. The number of hydrogen-bond acceptors (Lipinski definition) is 15. The van der Waals surface area contributed by atoms with Gasteiger partial charge in [0.05, 0.1) is 23.5 Å². The van der Waals surface area contributed by atoms with E-state index in [-0.39, 0.29) is 40.0 Å². The lowest BCUT2D eigenvalue weighted by Crippen LogP contribution is -3.09. The number of quaternary nitrogens is 1. The molecule has 0 aliphatic carbocycles. The molecule has 16 heteroatoms. The highest BCUT2D eigenvalue weighted by Crippen LogP contribution is 2.36. The number of phenols is 1. The summed E-state index contributed by atoms with van der Waals surface area (Å²) in [5.74, 6) is -3.69.